The molecule has 0 saturated carbocycles. The lowest BCUT2D eigenvalue weighted by Gasteiger charge is -2.29. The maximum absolute atomic E-state index is 2.39. The first-order chi connectivity index (χ1) is 25.2. The molecule has 0 bridgehead atoms. The van der Waals surface area contributed by atoms with Crippen LogP contribution in [-0.2, 0) is 0 Å². The van der Waals surface area contributed by atoms with Gasteiger partial charge in [-0.25, -0.2) is 0 Å². The molecule has 9 rings (SSSR count). The number of benzene rings is 8. The van der Waals surface area contributed by atoms with Crippen LogP contribution in [-0.4, -0.2) is 0 Å². The zero-order valence-electron chi connectivity index (χ0n) is 30.8. The summed E-state index contributed by atoms with van der Waals surface area (Å²) in [4.78, 5) is 4.79. The second kappa shape index (κ2) is 12.3. The number of hydrogen-bond donors (Lipinski definition) is 0. The van der Waals surface area contributed by atoms with E-state index in [0.29, 0.717) is 0 Å². The zero-order chi connectivity index (χ0) is 35.7. The van der Waals surface area contributed by atoms with Gasteiger partial charge in [0.15, 0.2) is 0 Å². The third kappa shape index (κ3) is 5.43. The summed E-state index contributed by atoms with van der Waals surface area (Å²) in [5.41, 5.74) is 20.0. The molecule has 1 aliphatic rings. The molecule has 2 heteroatoms. The molecule has 1 aliphatic carbocycles. The van der Waals surface area contributed by atoms with Crippen molar-refractivity contribution in [2.45, 2.75) is 41.5 Å². The highest BCUT2D eigenvalue weighted by atomic mass is 15.1. The van der Waals surface area contributed by atoms with Crippen LogP contribution < -0.4 is 9.80 Å². The van der Waals surface area contributed by atoms with E-state index in [-0.39, 0.29) is 0 Å². The van der Waals surface area contributed by atoms with E-state index in [0.717, 1.165) is 22.7 Å². The molecular formula is C50H42N2. The van der Waals surface area contributed by atoms with Crippen molar-refractivity contribution in [3.05, 3.63) is 179 Å². The Morgan fingerprint density at radius 2 is 0.596 bits per heavy atom. The quantitative estimate of drug-likeness (QED) is 0.174. The number of rotatable bonds is 6. The molecule has 0 unspecified atom stereocenters. The number of fused-ring (bicyclic) bond motifs is 6. The predicted octanol–water partition coefficient (Wildman–Crippen LogP) is 14.4. The SMILES string of the molecule is Cc1ccc(N(c2ccc3cc4c(cc3c2)-c2cc3ccc(N(c5ccc(C)cc5)c5ccc(C)cc5C)cc3cc2-4)c2ccc(C)cc2C)cc1. The summed E-state index contributed by atoms with van der Waals surface area (Å²) in [6.45, 7) is 13.0. The monoisotopic (exact) mass is 670 g/mol. The molecule has 0 amide bonds. The van der Waals surface area contributed by atoms with Gasteiger partial charge in [0.05, 0.1) is 0 Å². The Balaban J connectivity index is 1.12. The van der Waals surface area contributed by atoms with Crippen LogP contribution in [0.25, 0.3) is 43.8 Å². The van der Waals surface area contributed by atoms with Gasteiger partial charge in [-0.2, -0.15) is 0 Å². The highest BCUT2D eigenvalue weighted by Gasteiger charge is 2.25. The summed E-state index contributed by atoms with van der Waals surface area (Å²) in [6.07, 6.45) is 0. The van der Waals surface area contributed by atoms with Crippen molar-refractivity contribution in [3.63, 3.8) is 0 Å². The molecule has 52 heavy (non-hydrogen) atoms. The van der Waals surface area contributed by atoms with Crippen molar-refractivity contribution in [2.24, 2.45) is 0 Å². The minimum atomic E-state index is 1.16. The second-order valence-electron chi connectivity index (χ2n) is 14.8. The van der Waals surface area contributed by atoms with Crippen molar-refractivity contribution in [1.82, 2.24) is 0 Å². The Kier molecular flexibility index (Phi) is 7.52. The first-order valence-electron chi connectivity index (χ1n) is 18.2. The van der Waals surface area contributed by atoms with Crippen LogP contribution in [0.1, 0.15) is 33.4 Å². The number of hydrogen-bond acceptors (Lipinski definition) is 2. The summed E-state index contributed by atoms with van der Waals surface area (Å²) >= 11 is 0. The molecule has 2 nitrogen and oxygen atoms in total. The van der Waals surface area contributed by atoms with Gasteiger partial charge in [-0.1, -0.05) is 82.9 Å². The van der Waals surface area contributed by atoms with Gasteiger partial charge < -0.3 is 9.80 Å². The van der Waals surface area contributed by atoms with E-state index in [2.05, 4.69) is 197 Å². The minimum absolute atomic E-state index is 1.16. The fourth-order valence-corrected chi connectivity index (χ4v) is 8.03. The summed E-state index contributed by atoms with van der Waals surface area (Å²) in [7, 11) is 0. The Morgan fingerprint density at radius 3 is 0.962 bits per heavy atom. The fraction of sp³-hybridized carbons (Fsp3) is 0.120. The van der Waals surface area contributed by atoms with Gasteiger partial charge in [-0.3, -0.25) is 0 Å². The summed E-state index contributed by atoms with van der Waals surface area (Å²) in [5, 5.41) is 5.02. The first-order valence-corrected chi connectivity index (χ1v) is 18.2. The zero-order valence-corrected chi connectivity index (χ0v) is 30.8. The lowest BCUT2D eigenvalue weighted by molar-refractivity contribution is 1.24. The summed E-state index contributed by atoms with van der Waals surface area (Å²) < 4.78 is 0. The lowest BCUT2D eigenvalue weighted by atomic mass is 9.78. The highest BCUT2D eigenvalue weighted by Crippen LogP contribution is 2.51. The van der Waals surface area contributed by atoms with Crippen molar-refractivity contribution in [3.8, 4) is 22.3 Å². The van der Waals surface area contributed by atoms with E-state index in [4.69, 9.17) is 0 Å². The van der Waals surface area contributed by atoms with E-state index >= 15 is 0 Å². The third-order valence-corrected chi connectivity index (χ3v) is 10.8. The molecule has 8 aromatic rings. The Bertz CT molecular complexity index is 2480. The van der Waals surface area contributed by atoms with Crippen molar-refractivity contribution in [2.75, 3.05) is 9.80 Å². The van der Waals surface area contributed by atoms with Crippen molar-refractivity contribution >= 4 is 55.7 Å². The normalized spacial score (nSPS) is 11.7. The molecule has 0 radical (unpaired) electrons. The van der Waals surface area contributed by atoms with E-state index in [1.54, 1.807) is 0 Å². The van der Waals surface area contributed by atoms with Crippen LogP contribution in [0.15, 0.2) is 146 Å². The molecule has 0 atom stereocenters. The molecule has 0 saturated heterocycles. The maximum atomic E-state index is 2.39. The van der Waals surface area contributed by atoms with Crippen molar-refractivity contribution in [1.29, 1.82) is 0 Å². The van der Waals surface area contributed by atoms with Crippen LogP contribution >= 0.6 is 0 Å². The minimum Gasteiger partial charge on any atom is -0.310 e. The van der Waals surface area contributed by atoms with E-state index in [1.807, 2.05) is 0 Å². The molecular weight excluding hydrogens is 629 g/mol. The van der Waals surface area contributed by atoms with Gasteiger partial charge in [0, 0.05) is 34.1 Å². The Hall–Kier alpha value is -6.12. The van der Waals surface area contributed by atoms with E-state index in [1.165, 1.54) is 88.6 Å². The van der Waals surface area contributed by atoms with Crippen LogP contribution in [0.4, 0.5) is 34.1 Å². The van der Waals surface area contributed by atoms with Gasteiger partial charge in [0.25, 0.3) is 0 Å². The maximum Gasteiger partial charge on any atom is 0.0490 e. The smallest absolute Gasteiger partial charge is 0.0490 e. The van der Waals surface area contributed by atoms with E-state index in [9.17, 15) is 0 Å². The topological polar surface area (TPSA) is 6.48 Å². The molecule has 252 valence electrons. The van der Waals surface area contributed by atoms with Crippen LogP contribution in [0.5, 0.6) is 0 Å². The highest BCUT2D eigenvalue weighted by molar-refractivity contribution is 6.12. The third-order valence-electron chi connectivity index (χ3n) is 10.8. The number of aryl methyl sites for hydroxylation is 6. The number of nitrogens with zero attached hydrogens (tertiary/aromatic N) is 2. The molecule has 0 spiro atoms. The standard InChI is InChI=1S/C50H42N2/c1-31-7-15-41(16-8-31)51(49-21-11-33(3)23-35(49)5)43-19-13-37-27-45-47(29-39(37)25-43)46-28-38-14-20-44(26-40(38)30-48(45)46)52(42-17-9-32(2)10-18-42)50-22-12-34(4)24-36(50)6/h7-30H,1-6H3. The van der Waals surface area contributed by atoms with Crippen LogP contribution in [0.3, 0.4) is 0 Å². The Labute approximate surface area is 307 Å². The molecule has 0 aromatic heterocycles. The first kappa shape index (κ1) is 31.8. The van der Waals surface area contributed by atoms with Gasteiger partial charge in [-0.05, 0) is 181 Å². The van der Waals surface area contributed by atoms with Crippen LogP contribution in [0.2, 0.25) is 0 Å². The summed E-state index contributed by atoms with van der Waals surface area (Å²) in [6, 6.07) is 54.5. The predicted molar refractivity (Wildman–Crippen MR) is 224 cm³/mol. The Morgan fingerprint density at radius 1 is 0.269 bits per heavy atom. The fourth-order valence-electron chi connectivity index (χ4n) is 8.03. The van der Waals surface area contributed by atoms with Gasteiger partial charge in [-0.15, -0.1) is 0 Å². The van der Waals surface area contributed by atoms with Gasteiger partial charge in [0.2, 0.25) is 0 Å². The number of anilines is 6. The van der Waals surface area contributed by atoms with Crippen molar-refractivity contribution < 1.29 is 0 Å². The van der Waals surface area contributed by atoms with E-state index < -0.39 is 0 Å². The largest absolute Gasteiger partial charge is 0.310 e. The summed E-state index contributed by atoms with van der Waals surface area (Å²) in [5.74, 6) is 0. The molecule has 0 fully saturated rings. The van der Waals surface area contributed by atoms with Gasteiger partial charge >= 0.3 is 0 Å². The average molecular weight is 671 g/mol. The molecule has 0 N–H and O–H groups in total. The lowest BCUT2D eigenvalue weighted by Crippen LogP contribution is -2.11. The average Bonchev–Trinajstić information content (AvgIpc) is 3.13. The van der Waals surface area contributed by atoms with Gasteiger partial charge in [0.1, 0.15) is 0 Å². The second-order valence-corrected chi connectivity index (χ2v) is 14.8. The molecule has 8 aromatic carbocycles. The molecule has 0 aliphatic heterocycles. The molecule has 0 heterocycles. The van der Waals surface area contributed by atoms with Crippen LogP contribution in [0, 0.1) is 41.5 Å².